The van der Waals surface area contributed by atoms with Crippen molar-refractivity contribution in [3.05, 3.63) is 29.8 Å². The van der Waals surface area contributed by atoms with Gasteiger partial charge in [-0.25, -0.2) is 4.79 Å². The Bertz CT molecular complexity index is 651. The molecule has 2 aromatic rings. The van der Waals surface area contributed by atoms with Crippen LogP contribution in [0.4, 0.5) is 23.5 Å². The van der Waals surface area contributed by atoms with Crippen LogP contribution in [0.3, 0.4) is 0 Å². The maximum atomic E-state index is 11.7. The molecule has 128 valence electrons. The van der Waals surface area contributed by atoms with Crippen LogP contribution in [0.25, 0.3) is 0 Å². The number of aromatic nitrogens is 3. The Kier molecular flexibility index (Phi) is 6.30. The van der Waals surface area contributed by atoms with Crippen LogP contribution < -0.4 is 16.0 Å². The third-order valence-corrected chi connectivity index (χ3v) is 2.96. The van der Waals surface area contributed by atoms with Gasteiger partial charge in [0.25, 0.3) is 0 Å². The molecule has 0 atom stereocenters. The van der Waals surface area contributed by atoms with E-state index in [0.717, 1.165) is 5.69 Å². The van der Waals surface area contributed by atoms with Crippen LogP contribution in [-0.4, -0.2) is 40.6 Å². The van der Waals surface area contributed by atoms with Gasteiger partial charge in [-0.3, -0.25) is 0 Å². The lowest BCUT2D eigenvalue weighted by Crippen LogP contribution is -2.10. The molecule has 0 unspecified atom stereocenters. The first-order chi connectivity index (χ1) is 11.7. The van der Waals surface area contributed by atoms with Gasteiger partial charge in [0, 0.05) is 18.8 Å². The summed E-state index contributed by atoms with van der Waals surface area (Å²) in [6.45, 7) is 7.49. The van der Waals surface area contributed by atoms with E-state index in [1.165, 1.54) is 0 Å². The van der Waals surface area contributed by atoms with Gasteiger partial charge in [0.05, 0.1) is 12.2 Å². The molecule has 0 aliphatic carbocycles. The Morgan fingerprint density at radius 3 is 1.96 bits per heavy atom. The Morgan fingerprint density at radius 2 is 1.46 bits per heavy atom. The van der Waals surface area contributed by atoms with Crippen LogP contribution in [-0.2, 0) is 4.74 Å². The second-order valence-corrected chi connectivity index (χ2v) is 4.79. The average Bonchev–Trinajstić information content (AvgIpc) is 2.56. The molecule has 0 spiro atoms. The number of hydrogen-bond donors (Lipinski definition) is 3. The van der Waals surface area contributed by atoms with E-state index in [4.69, 9.17) is 4.74 Å². The Balaban J connectivity index is 2.15. The molecule has 8 nitrogen and oxygen atoms in total. The fraction of sp³-hybridized carbons (Fsp3) is 0.375. The molecule has 3 N–H and O–H groups in total. The second kappa shape index (κ2) is 8.66. The summed E-state index contributed by atoms with van der Waals surface area (Å²) >= 11 is 0. The molecule has 1 aromatic carbocycles. The molecule has 0 aliphatic rings. The summed E-state index contributed by atoms with van der Waals surface area (Å²) in [5.74, 6) is 1.07. The van der Waals surface area contributed by atoms with Crippen LogP contribution in [0.15, 0.2) is 24.3 Å². The Morgan fingerprint density at radius 1 is 0.917 bits per heavy atom. The normalized spacial score (nSPS) is 10.1. The third-order valence-electron chi connectivity index (χ3n) is 2.96. The number of carbonyl (C=O) groups excluding carboxylic acids is 1. The maximum absolute atomic E-state index is 11.7. The molecule has 24 heavy (non-hydrogen) atoms. The summed E-state index contributed by atoms with van der Waals surface area (Å²) in [5.41, 5.74) is 1.26. The first-order valence-electron chi connectivity index (χ1n) is 7.94. The number of hydrogen-bond acceptors (Lipinski definition) is 8. The van der Waals surface area contributed by atoms with E-state index in [-0.39, 0.29) is 5.97 Å². The zero-order chi connectivity index (χ0) is 17.4. The van der Waals surface area contributed by atoms with E-state index in [1.807, 2.05) is 13.8 Å². The van der Waals surface area contributed by atoms with Crippen LogP contribution >= 0.6 is 0 Å². The molecule has 0 amide bonds. The van der Waals surface area contributed by atoms with Gasteiger partial charge in [-0.1, -0.05) is 0 Å². The van der Waals surface area contributed by atoms with Crippen molar-refractivity contribution in [3.8, 4) is 0 Å². The van der Waals surface area contributed by atoms with Crippen LogP contribution in [0, 0.1) is 0 Å². The predicted octanol–water partition coefficient (Wildman–Crippen LogP) is 2.66. The molecule has 0 fully saturated rings. The first kappa shape index (κ1) is 17.5. The Hall–Kier alpha value is -2.90. The molecule has 8 heteroatoms. The molecule has 1 heterocycles. The van der Waals surface area contributed by atoms with Gasteiger partial charge < -0.3 is 20.7 Å². The minimum atomic E-state index is -0.340. The number of nitrogens with zero attached hydrogens (tertiary/aromatic N) is 3. The van der Waals surface area contributed by atoms with Crippen LogP contribution in [0.1, 0.15) is 31.1 Å². The quantitative estimate of drug-likeness (QED) is 0.635. The van der Waals surface area contributed by atoms with Crippen molar-refractivity contribution in [2.75, 3.05) is 35.6 Å². The van der Waals surface area contributed by atoms with Crippen molar-refractivity contribution in [2.24, 2.45) is 0 Å². The van der Waals surface area contributed by atoms with Crippen molar-refractivity contribution in [2.45, 2.75) is 20.8 Å². The lowest BCUT2D eigenvalue weighted by atomic mass is 10.2. The summed E-state index contributed by atoms with van der Waals surface area (Å²) in [5, 5.41) is 9.24. The standard InChI is InChI=1S/C16H22N6O2/c1-4-17-14-20-15(18-5-2)22-16(21-14)19-12-9-7-11(8-10-12)13(23)24-6-3/h7-10H,4-6H2,1-3H3,(H3,17,18,19,20,21,22). The van der Waals surface area contributed by atoms with Gasteiger partial charge in [-0.05, 0) is 45.0 Å². The molecular weight excluding hydrogens is 308 g/mol. The zero-order valence-electron chi connectivity index (χ0n) is 14.1. The fourth-order valence-corrected chi connectivity index (χ4v) is 1.94. The lowest BCUT2D eigenvalue weighted by Gasteiger charge is -2.10. The highest BCUT2D eigenvalue weighted by Crippen LogP contribution is 2.17. The molecule has 1 aromatic heterocycles. The van der Waals surface area contributed by atoms with Gasteiger partial charge in [0.15, 0.2) is 0 Å². The monoisotopic (exact) mass is 330 g/mol. The topological polar surface area (TPSA) is 101 Å². The van der Waals surface area contributed by atoms with Gasteiger partial charge in [-0.15, -0.1) is 0 Å². The number of esters is 1. The number of carbonyl (C=O) groups is 1. The minimum absolute atomic E-state index is 0.340. The highest BCUT2D eigenvalue weighted by molar-refractivity contribution is 5.89. The summed E-state index contributed by atoms with van der Waals surface area (Å²) < 4.78 is 4.96. The summed E-state index contributed by atoms with van der Waals surface area (Å²) in [7, 11) is 0. The molecule has 0 bridgehead atoms. The first-order valence-corrected chi connectivity index (χ1v) is 7.94. The maximum Gasteiger partial charge on any atom is 0.338 e. The number of ether oxygens (including phenoxy) is 1. The zero-order valence-corrected chi connectivity index (χ0v) is 14.1. The van der Waals surface area contributed by atoms with Crippen molar-refractivity contribution in [1.29, 1.82) is 0 Å². The second-order valence-electron chi connectivity index (χ2n) is 4.79. The van der Waals surface area contributed by atoms with Crippen molar-refractivity contribution in [3.63, 3.8) is 0 Å². The van der Waals surface area contributed by atoms with Crippen LogP contribution in [0.5, 0.6) is 0 Å². The molecule has 0 saturated carbocycles. The van der Waals surface area contributed by atoms with Gasteiger partial charge in [0.2, 0.25) is 17.8 Å². The highest BCUT2D eigenvalue weighted by atomic mass is 16.5. The van der Waals surface area contributed by atoms with E-state index < -0.39 is 0 Å². The van der Waals surface area contributed by atoms with Gasteiger partial charge in [-0.2, -0.15) is 15.0 Å². The summed E-state index contributed by atoms with van der Waals surface area (Å²) in [4.78, 5) is 24.5. The SMILES string of the molecule is CCNc1nc(NCC)nc(Nc2ccc(C(=O)OCC)cc2)n1. The van der Waals surface area contributed by atoms with Gasteiger partial charge in [0.1, 0.15) is 0 Å². The number of rotatable bonds is 8. The van der Waals surface area contributed by atoms with Gasteiger partial charge >= 0.3 is 5.97 Å². The minimum Gasteiger partial charge on any atom is -0.462 e. The van der Waals surface area contributed by atoms with Crippen molar-refractivity contribution in [1.82, 2.24) is 15.0 Å². The van der Waals surface area contributed by atoms with E-state index >= 15 is 0 Å². The molecule has 0 radical (unpaired) electrons. The number of anilines is 4. The largest absolute Gasteiger partial charge is 0.462 e. The smallest absolute Gasteiger partial charge is 0.338 e. The molecule has 0 saturated heterocycles. The number of nitrogens with one attached hydrogen (secondary N) is 3. The number of benzene rings is 1. The fourth-order valence-electron chi connectivity index (χ4n) is 1.94. The van der Waals surface area contributed by atoms with Crippen molar-refractivity contribution >= 4 is 29.5 Å². The van der Waals surface area contributed by atoms with E-state index in [9.17, 15) is 4.79 Å². The molecular formula is C16H22N6O2. The third kappa shape index (κ3) is 4.80. The molecule has 0 aliphatic heterocycles. The van der Waals surface area contributed by atoms with E-state index in [2.05, 4.69) is 30.9 Å². The average molecular weight is 330 g/mol. The van der Waals surface area contributed by atoms with E-state index in [0.29, 0.717) is 43.1 Å². The molecule has 2 rings (SSSR count). The summed E-state index contributed by atoms with van der Waals surface area (Å²) in [6.07, 6.45) is 0. The van der Waals surface area contributed by atoms with E-state index in [1.54, 1.807) is 31.2 Å². The van der Waals surface area contributed by atoms with Crippen LogP contribution in [0.2, 0.25) is 0 Å². The summed E-state index contributed by atoms with van der Waals surface area (Å²) in [6, 6.07) is 6.93. The lowest BCUT2D eigenvalue weighted by molar-refractivity contribution is 0.0526. The van der Waals surface area contributed by atoms with Crippen molar-refractivity contribution < 1.29 is 9.53 Å². The predicted molar refractivity (Wildman–Crippen MR) is 93.8 cm³/mol. The highest BCUT2D eigenvalue weighted by Gasteiger charge is 2.08. The Labute approximate surface area is 141 Å².